The maximum absolute atomic E-state index is 15.5. The molecule has 5 saturated heterocycles. The van der Waals surface area contributed by atoms with Gasteiger partial charge in [-0.25, -0.2) is 0 Å². The zero-order valence-corrected chi connectivity index (χ0v) is 66.3. The number of hydrogen-bond acceptors (Lipinski definition) is 22. The van der Waals surface area contributed by atoms with Gasteiger partial charge in [0, 0.05) is 63.5 Å². The molecule has 24 N–H and O–H groups in total. The Labute approximate surface area is 673 Å². The van der Waals surface area contributed by atoms with Gasteiger partial charge in [-0.1, -0.05) is 84.3 Å². The van der Waals surface area contributed by atoms with Crippen LogP contribution in [0.5, 0.6) is 5.75 Å². The van der Waals surface area contributed by atoms with Crippen molar-refractivity contribution in [1.82, 2.24) is 73.2 Å². The van der Waals surface area contributed by atoms with Gasteiger partial charge in [-0.15, -0.1) is 0 Å². The van der Waals surface area contributed by atoms with E-state index < -0.39 is 211 Å². The molecule has 115 heavy (non-hydrogen) atoms. The van der Waals surface area contributed by atoms with Crippen molar-refractivity contribution in [3.63, 3.8) is 0 Å². The van der Waals surface area contributed by atoms with Crippen molar-refractivity contribution in [3.05, 3.63) is 65.7 Å². The molecule has 5 aliphatic heterocycles. The lowest BCUT2D eigenvalue weighted by Gasteiger charge is -2.34. The number of hydrogen-bond donors (Lipinski definition) is 19. The highest BCUT2D eigenvalue weighted by molar-refractivity contribution is 8.76. The third-order valence-corrected chi connectivity index (χ3v) is 22.9. The standard InChI is InChI=1S/C74H111N21O18S2/c1-3-41(2)59-69(110)91-53-40-115-114-39-52(90-61(102)45(18-8-10-30-80-73(76)77)83-57(98)37-82-60(101)47(27-28-58(99)100)85-67(108)54-20-12-32-93(54)71(112)50(88-66(53)107)36-42-15-5-4-6-16-42)65(106)87-49(35-43-23-25-44(97)26-24-43)63(104)84-46(17-7-9-29-75)62(103)89-51(38-96)64(105)86-48(19-11-31-81-74(78)79)70(111)95-34-14-22-56(95)72(113)94-33-13-21-55(94)68(109)92-59/h4-6,15-16,23-26,41,45-56,59,96-97H,3,7-14,17-22,27-40,75H2,1-2H3,(H,82,101)(H,83,98)(H,84,104)(H,85,108)(H,86,105)(H,87,106)(H,88,107)(H,89,103)(H,90,102)(H,91,110)(H,92,109)(H,99,100)(H4,76,77,80)(H4,78,79,81)/t41-,45?,46-,47-,48-,49-,50-,51-,52-,53-,54-,55-,56-,59-/m0/s1. The lowest BCUT2D eigenvalue weighted by atomic mass is 9.97. The summed E-state index contributed by atoms with van der Waals surface area (Å²) in [7, 11) is 1.76. The van der Waals surface area contributed by atoms with Crippen molar-refractivity contribution in [1.29, 1.82) is 0 Å². The van der Waals surface area contributed by atoms with E-state index in [0.717, 1.165) is 21.6 Å². The molecule has 39 nitrogen and oxygen atoms in total. The Bertz CT molecular complexity index is 3800. The Morgan fingerprint density at radius 3 is 1.53 bits per heavy atom. The first-order chi connectivity index (χ1) is 55.0. The predicted molar refractivity (Wildman–Crippen MR) is 424 cm³/mol. The first kappa shape index (κ1) is 91.6. The van der Waals surface area contributed by atoms with Crippen LogP contribution in [0.25, 0.3) is 0 Å². The van der Waals surface area contributed by atoms with Crippen molar-refractivity contribution in [2.24, 2.45) is 44.6 Å². The maximum atomic E-state index is 15.5. The molecule has 0 radical (unpaired) electrons. The summed E-state index contributed by atoms with van der Waals surface area (Å²) >= 11 is 0. The molecule has 5 aliphatic rings. The second-order valence-electron chi connectivity index (χ2n) is 29.0. The van der Waals surface area contributed by atoms with E-state index in [4.69, 9.17) is 28.7 Å². The summed E-state index contributed by atoms with van der Waals surface area (Å²) < 4.78 is 0. The molecule has 7 rings (SSSR count). The highest BCUT2D eigenvalue weighted by atomic mass is 33.1. The molecule has 5 fully saturated rings. The van der Waals surface area contributed by atoms with Gasteiger partial charge >= 0.3 is 5.97 Å². The van der Waals surface area contributed by atoms with E-state index in [-0.39, 0.29) is 147 Å². The SMILES string of the molecule is CC[C@H](C)[C@@H]1NC(=O)[C@@H]2CCCN2C(=O)[C@@H]2CCCN2C(=O)[C@H](CCCN=C(N)N)NC(=O)[C@H](CO)NC(=O)[C@H](CCCCN)NC(=O)[C@H](Cc2ccc(O)cc2)NC(=O)[C@@H]2CSSC[C@H](NC1=O)C(=O)N[C@@H](Cc1ccccc1)C(=O)N1CCC[C@H]1C(=O)N[C@@H](CCC(=O)O)C(=O)NCC(=O)NC(CCCCN=C(N)N)C(=O)N2. The highest BCUT2D eigenvalue weighted by Crippen LogP contribution is 2.29. The van der Waals surface area contributed by atoms with Crippen LogP contribution in [0.2, 0.25) is 0 Å². The molecule has 2 bridgehead atoms. The molecule has 5 heterocycles. The first-order valence-electron chi connectivity index (χ1n) is 38.9. The number of carboxylic acid groups (broad SMARTS) is 1. The highest BCUT2D eigenvalue weighted by Gasteiger charge is 2.46. The fraction of sp³-hybridized carbons (Fsp3) is 0.608. The smallest absolute Gasteiger partial charge is 0.303 e. The maximum Gasteiger partial charge on any atom is 0.303 e. The Balaban J connectivity index is 1.38. The van der Waals surface area contributed by atoms with Crippen LogP contribution in [0.1, 0.15) is 134 Å². The van der Waals surface area contributed by atoms with Crippen LogP contribution in [-0.4, -0.2) is 273 Å². The molecular weight excluding hydrogens is 1540 g/mol. The van der Waals surface area contributed by atoms with E-state index in [2.05, 4.69) is 68.5 Å². The van der Waals surface area contributed by atoms with Gasteiger partial charge in [-0.3, -0.25) is 81.9 Å². The number of aromatic hydroxyl groups is 1. The zero-order valence-electron chi connectivity index (χ0n) is 64.7. The fourth-order valence-electron chi connectivity index (χ4n) is 14.1. The topological polar surface area (TPSA) is 614 Å². The van der Waals surface area contributed by atoms with Crippen molar-refractivity contribution in [3.8, 4) is 5.75 Å². The van der Waals surface area contributed by atoms with Crippen LogP contribution in [-0.2, 0) is 84.8 Å². The lowest BCUT2D eigenvalue weighted by Crippen LogP contribution is -2.61. The minimum absolute atomic E-state index is 0.0172. The van der Waals surface area contributed by atoms with Crippen LogP contribution >= 0.6 is 21.6 Å². The number of aliphatic hydroxyl groups is 1. The van der Waals surface area contributed by atoms with Crippen molar-refractivity contribution < 1.29 is 87.2 Å². The molecule has 1 unspecified atom stereocenters. The number of nitrogens with zero attached hydrogens (tertiary/aromatic N) is 5. The second kappa shape index (κ2) is 46.1. The summed E-state index contributed by atoms with van der Waals surface area (Å²) in [4.78, 5) is 233. The summed E-state index contributed by atoms with van der Waals surface area (Å²) in [5, 5.41) is 60.2. The molecular formula is C74H111N21O18S2. The monoisotopic (exact) mass is 1650 g/mol. The second-order valence-corrected chi connectivity index (χ2v) is 31.6. The minimum atomic E-state index is -1.80. The molecule has 0 aliphatic carbocycles. The minimum Gasteiger partial charge on any atom is -0.508 e. The number of aliphatic carboxylic acids is 1. The van der Waals surface area contributed by atoms with E-state index >= 15 is 38.4 Å². The van der Waals surface area contributed by atoms with Crippen LogP contribution in [0.3, 0.4) is 0 Å². The number of phenols is 1. The number of amides is 14. The zero-order chi connectivity index (χ0) is 83.8. The van der Waals surface area contributed by atoms with Crippen LogP contribution < -0.4 is 87.2 Å². The van der Waals surface area contributed by atoms with Gasteiger partial charge in [0.25, 0.3) is 0 Å². The summed E-state index contributed by atoms with van der Waals surface area (Å²) in [6.45, 7) is 1.74. The van der Waals surface area contributed by atoms with Gasteiger partial charge in [0.15, 0.2) is 11.9 Å². The Kier molecular flexibility index (Phi) is 36.7. The van der Waals surface area contributed by atoms with Crippen molar-refractivity contribution in [2.75, 3.05) is 63.9 Å². The summed E-state index contributed by atoms with van der Waals surface area (Å²) in [5.41, 5.74) is 29.2. The fourth-order valence-corrected chi connectivity index (χ4v) is 16.4. The van der Waals surface area contributed by atoms with Gasteiger partial charge < -0.3 is 117 Å². The number of carbonyl (C=O) groups is 15. The summed E-state index contributed by atoms with van der Waals surface area (Å²) in [5.74, 6) is -16.4. The van der Waals surface area contributed by atoms with E-state index in [0.29, 0.717) is 30.4 Å². The van der Waals surface area contributed by atoms with Gasteiger partial charge in [0.1, 0.15) is 84.3 Å². The number of phenolic OH excluding ortho intramolecular Hbond substituents is 1. The quantitative estimate of drug-likeness (QED) is 0.0214. The largest absolute Gasteiger partial charge is 0.508 e. The normalized spacial score (nSPS) is 26.4. The number of unbranched alkanes of at least 4 members (excludes halogenated alkanes) is 2. The first-order valence-corrected chi connectivity index (χ1v) is 41.4. The van der Waals surface area contributed by atoms with Crippen LogP contribution in [0.4, 0.5) is 0 Å². The number of benzene rings is 2. The molecule has 41 heteroatoms. The molecule has 0 aromatic heterocycles. The molecule has 2 aromatic carbocycles. The predicted octanol–water partition coefficient (Wildman–Crippen LogP) is -4.95. The van der Waals surface area contributed by atoms with Crippen molar-refractivity contribution >= 4 is 122 Å². The number of nitrogens with two attached hydrogens (primary N) is 5. The number of rotatable bonds is 23. The van der Waals surface area contributed by atoms with E-state index in [1.54, 1.807) is 44.2 Å². The average Bonchev–Trinajstić information content (AvgIpc) is 1.67. The molecule has 632 valence electrons. The third-order valence-electron chi connectivity index (χ3n) is 20.5. The molecule has 14 atom stereocenters. The van der Waals surface area contributed by atoms with Crippen LogP contribution in [0, 0.1) is 5.92 Å². The van der Waals surface area contributed by atoms with Gasteiger partial charge in [0.05, 0.1) is 13.2 Å². The number of aliphatic hydroxyl groups excluding tert-OH is 1. The molecule has 0 spiro atoms. The van der Waals surface area contributed by atoms with Gasteiger partial charge in [0.2, 0.25) is 82.7 Å². The van der Waals surface area contributed by atoms with E-state index in [1.165, 1.54) is 39.0 Å². The third kappa shape index (κ3) is 28.2. The number of aliphatic imine (C=N–C) groups is 2. The number of carboxylic acids is 1. The van der Waals surface area contributed by atoms with E-state index in [1.807, 2.05) is 0 Å². The number of fused-ring (bicyclic) bond motifs is 8. The van der Waals surface area contributed by atoms with Crippen LogP contribution in [0.15, 0.2) is 64.6 Å². The Hall–Kier alpha value is -10.5. The summed E-state index contributed by atoms with van der Waals surface area (Å²) in [6.07, 6.45) is 0.213. The van der Waals surface area contributed by atoms with Crippen molar-refractivity contribution in [2.45, 2.75) is 214 Å². The number of guanidine groups is 2. The number of nitrogens with one attached hydrogen (secondary N) is 11. The Morgan fingerprint density at radius 1 is 0.487 bits per heavy atom. The summed E-state index contributed by atoms with van der Waals surface area (Å²) in [6, 6.07) is -5.66. The average molecular weight is 1650 g/mol. The van der Waals surface area contributed by atoms with E-state index in [9.17, 15) is 48.9 Å². The lowest BCUT2D eigenvalue weighted by molar-refractivity contribution is -0.148. The molecule has 2 aromatic rings. The Morgan fingerprint density at radius 2 is 0.939 bits per heavy atom. The van der Waals surface area contributed by atoms with Gasteiger partial charge in [-0.2, -0.15) is 0 Å². The molecule has 14 amide bonds. The molecule has 0 saturated carbocycles. The number of carbonyl (C=O) groups excluding carboxylic acids is 14. The van der Waals surface area contributed by atoms with Gasteiger partial charge in [-0.05, 0) is 132 Å².